The van der Waals surface area contributed by atoms with E-state index in [1.165, 1.54) is 61.7 Å². The van der Waals surface area contributed by atoms with Crippen LogP contribution in [0.25, 0.3) is 12.2 Å². The van der Waals surface area contributed by atoms with E-state index in [1.54, 1.807) is 0 Å². The molecule has 3 aromatic rings. The summed E-state index contributed by atoms with van der Waals surface area (Å²) in [7, 11) is 1.36. The summed E-state index contributed by atoms with van der Waals surface area (Å²) in [6.45, 7) is 0. The molecule has 0 heterocycles. The summed E-state index contributed by atoms with van der Waals surface area (Å²) in [6, 6.07) is 11.7. The summed E-state index contributed by atoms with van der Waals surface area (Å²) in [6.07, 6.45) is 1.43. The Morgan fingerprint density at radius 2 is 1.45 bits per heavy atom. The molecule has 0 aliphatic heterocycles. The van der Waals surface area contributed by atoms with Crippen molar-refractivity contribution in [1.29, 1.82) is 0 Å². The van der Waals surface area contributed by atoms with Crippen molar-refractivity contribution in [2.75, 3.05) is 7.11 Å². The van der Waals surface area contributed by atoms with Gasteiger partial charge in [0, 0.05) is 12.5 Å². The van der Waals surface area contributed by atoms with Crippen molar-refractivity contribution in [1.82, 2.24) is 0 Å². The molecule has 40 heavy (non-hydrogen) atoms. The van der Waals surface area contributed by atoms with Crippen molar-refractivity contribution >= 4 is 30.1 Å². The molecule has 0 aliphatic rings. The van der Waals surface area contributed by atoms with Crippen LogP contribution in [-0.4, -0.2) is 61.8 Å². The molecule has 0 radical (unpaired) electrons. The predicted octanol–water partition coefficient (Wildman–Crippen LogP) is 3.27. The van der Waals surface area contributed by atoms with Crippen LogP contribution in [0.4, 0.5) is 0 Å². The number of carbonyl (C=O) groups excluding carboxylic acids is 1. The Labute approximate surface area is 226 Å². The van der Waals surface area contributed by atoms with Crippen LogP contribution in [0.3, 0.4) is 0 Å². The maximum Gasteiger partial charge on any atom is 0.371 e. The highest BCUT2D eigenvalue weighted by molar-refractivity contribution is 5.91. The molecular weight excluding hydrogens is 528 g/mol. The molecule has 12 heteroatoms. The van der Waals surface area contributed by atoms with E-state index >= 15 is 0 Å². The van der Waals surface area contributed by atoms with Crippen LogP contribution in [-0.2, 0) is 25.5 Å². The minimum atomic E-state index is -1.58. The van der Waals surface area contributed by atoms with Gasteiger partial charge in [0.1, 0.15) is 0 Å². The van der Waals surface area contributed by atoms with Crippen LogP contribution >= 0.6 is 0 Å². The van der Waals surface area contributed by atoms with Gasteiger partial charge in [0.25, 0.3) is 0 Å². The quantitative estimate of drug-likeness (QED) is 0.0879. The van der Waals surface area contributed by atoms with Crippen LogP contribution in [0.5, 0.6) is 34.5 Å². The SMILES string of the molecule is COc1ccc(/C=C(/Oc2ccc(/C=C/C(=O)O[C@H](Cc3ccc(O)c(O)c3)C(=O)O)cc2O)C(=O)O)cc1O. The number of carboxylic acids is 2. The lowest BCUT2D eigenvalue weighted by Gasteiger charge is -2.13. The average Bonchev–Trinajstić information content (AvgIpc) is 2.90. The minimum Gasteiger partial charge on any atom is -0.504 e. The molecule has 0 unspecified atom stereocenters. The van der Waals surface area contributed by atoms with Gasteiger partial charge in [-0.3, -0.25) is 0 Å². The third-order valence-corrected chi connectivity index (χ3v) is 5.32. The molecule has 0 aliphatic carbocycles. The maximum atomic E-state index is 12.2. The third-order valence-electron chi connectivity index (χ3n) is 5.32. The van der Waals surface area contributed by atoms with Crippen molar-refractivity contribution in [2.24, 2.45) is 0 Å². The smallest absolute Gasteiger partial charge is 0.371 e. The zero-order valence-corrected chi connectivity index (χ0v) is 20.8. The minimum absolute atomic E-state index is 0.191. The number of carbonyl (C=O) groups is 3. The zero-order chi connectivity index (χ0) is 29.4. The Morgan fingerprint density at radius 1 is 0.800 bits per heavy atom. The molecule has 0 spiro atoms. The number of aromatic hydroxyl groups is 4. The second-order valence-electron chi connectivity index (χ2n) is 8.20. The summed E-state index contributed by atoms with van der Waals surface area (Å²) in [5, 5.41) is 58.0. The fraction of sp³-hybridized carbons (Fsp3) is 0.107. The van der Waals surface area contributed by atoms with Crippen LogP contribution in [0, 0.1) is 0 Å². The largest absolute Gasteiger partial charge is 0.504 e. The predicted molar refractivity (Wildman–Crippen MR) is 139 cm³/mol. The number of esters is 1. The van der Waals surface area contributed by atoms with Gasteiger partial charge in [-0.2, -0.15) is 0 Å². The fourth-order valence-electron chi connectivity index (χ4n) is 3.36. The molecule has 0 amide bonds. The lowest BCUT2D eigenvalue weighted by atomic mass is 10.1. The van der Waals surface area contributed by atoms with Crippen LogP contribution in [0.1, 0.15) is 16.7 Å². The second kappa shape index (κ2) is 12.7. The summed E-state index contributed by atoms with van der Waals surface area (Å²) < 4.78 is 15.2. The molecule has 208 valence electrons. The van der Waals surface area contributed by atoms with E-state index in [2.05, 4.69) is 0 Å². The first-order chi connectivity index (χ1) is 19.0. The van der Waals surface area contributed by atoms with E-state index in [4.69, 9.17) is 14.2 Å². The molecule has 0 bridgehead atoms. The Bertz CT molecular complexity index is 1490. The van der Waals surface area contributed by atoms with E-state index in [-0.39, 0.29) is 40.5 Å². The molecule has 3 rings (SSSR count). The molecule has 1 atom stereocenters. The van der Waals surface area contributed by atoms with E-state index in [0.29, 0.717) is 5.56 Å². The Hall–Kier alpha value is -5.65. The number of hydrogen-bond acceptors (Lipinski definition) is 10. The number of aliphatic carboxylic acids is 2. The maximum absolute atomic E-state index is 12.2. The highest BCUT2D eigenvalue weighted by Crippen LogP contribution is 2.31. The van der Waals surface area contributed by atoms with Gasteiger partial charge in [-0.25, -0.2) is 14.4 Å². The highest BCUT2D eigenvalue weighted by Gasteiger charge is 2.22. The highest BCUT2D eigenvalue weighted by atomic mass is 16.6. The average molecular weight is 552 g/mol. The second-order valence-corrected chi connectivity index (χ2v) is 8.20. The normalized spacial score (nSPS) is 12.1. The van der Waals surface area contributed by atoms with Gasteiger partial charge in [0.05, 0.1) is 7.11 Å². The molecule has 0 saturated carbocycles. The lowest BCUT2D eigenvalue weighted by Crippen LogP contribution is -2.28. The Kier molecular flexibility index (Phi) is 9.21. The molecule has 12 nitrogen and oxygen atoms in total. The first-order valence-electron chi connectivity index (χ1n) is 11.4. The van der Waals surface area contributed by atoms with Crippen LogP contribution < -0.4 is 9.47 Å². The van der Waals surface area contributed by atoms with Crippen molar-refractivity contribution in [2.45, 2.75) is 12.5 Å². The van der Waals surface area contributed by atoms with Crippen LogP contribution in [0.2, 0.25) is 0 Å². The number of methoxy groups -OCH3 is 1. The number of hydrogen-bond donors (Lipinski definition) is 6. The molecule has 0 fully saturated rings. The van der Waals surface area contributed by atoms with Gasteiger partial charge in [0.2, 0.25) is 11.9 Å². The first kappa shape index (κ1) is 28.9. The van der Waals surface area contributed by atoms with E-state index < -0.39 is 41.3 Å². The van der Waals surface area contributed by atoms with E-state index in [1.807, 2.05) is 0 Å². The van der Waals surface area contributed by atoms with Crippen molar-refractivity contribution in [3.63, 3.8) is 0 Å². The fourth-order valence-corrected chi connectivity index (χ4v) is 3.36. The van der Waals surface area contributed by atoms with Gasteiger partial charge in [0.15, 0.2) is 34.5 Å². The van der Waals surface area contributed by atoms with E-state index in [0.717, 1.165) is 18.2 Å². The standard InChI is InChI=1S/C28H24O12/c1-38-22-7-4-17(12-20(22)31)13-24(27(34)35)39-23-8-3-15(10-21(23)32)5-9-26(33)40-25(28(36)37)14-16-2-6-18(29)19(30)11-16/h2-13,25,29-32H,14H2,1H3,(H,34,35)(H,36,37)/b9-5+,24-13+/t25-/m1/s1. The summed E-state index contributed by atoms with van der Waals surface area (Å²) in [5.74, 6) is -5.98. The number of ether oxygens (including phenoxy) is 3. The lowest BCUT2D eigenvalue weighted by molar-refractivity contribution is -0.160. The van der Waals surface area contributed by atoms with Gasteiger partial charge >= 0.3 is 17.9 Å². The van der Waals surface area contributed by atoms with Gasteiger partial charge in [-0.15, -0.1) is 0 Å². The number of rotatable bonds is 11. The first-order valence-corrected chi connectivity index (χ1v) is 11.4. The zero-order valence-electron chi connectivity index (χ0n) is 20.8. The number of phenols is 4. The summed E-state index contributed by atoms with van der Waals surface area (Å²) >= 11 is 0. The van der Waals surface area contributed by atoms with Gasteiger partial charge in [-0.05, 0) is 65.2 Å². The Balaban J connectivity index is 1.69. The van der Waals surface area contributed by atoms with Crippen molar-refractivity contribution in [3.8, 4) is 34.5 Å². The summed E-state index contributed by atoms with van der Waals surface area (Å²) in [5.41, 5.74) is 0.867. The molecule has 0 saturated heterocycles. The molecule has 3 aromatic carbocycles. The number of phenolic OH excluding ortho intramolecular Hbond substituents is 4. The third kappa shape index (κ3) is 7.68. The number of carboxylic acid groups (broad SMARTS) is 2. The monoisotopic (exact) mass is 552 g/mol. The summed E-state index contributed by atoms with van der Waals surface area (Å²) in [4.78, 5) is 35.4. The van der Waals surface area contributed by atoms with Gasteiger partial charge in [-0.1, -0.05) is 18.2 Å². The van der Waals surface area contributed by atoms with Crippen molar-refractivity contribution in [3.05, 3.63) is 83.1 Å². The topological polar surface area (TPSA) is 200 Å². The Morgan fingerprint density at radius 3 is 2.05 bits per heavy atom. The van der Waals surface area contributed by atoms with E-state index in [9.17, 15) is 45.0 Å². The number of benzene rings is 3. The molecular formula is C28H24O12. The van der Waals surface area contributed by atoms with Crippen LogP contribution in [0.15, 0.2) is 66.4 Å². The molecule has 6 N–H and O–H groups in total. The van der Waals surface area contributed by atoms with Gasteiger partial charge < -0.3 is 44.8 Å². The van der Waals surface area contributed by atoms with Crippen molar-refractivity contribution < 1.29 is 59.2 Å². The molecule has 0 aromatic heterocycles.